The molecular weight excluding hydrogens is 310 g/mol. The van der Waals surface area contributed by atoms with E-state index in [0.717, 1.165) is 37.2 Å². The summed E-state index contributed by atoms with van der Waals surface area (Å²) in [6.45, 7) is 4.01. The SMILES string of the molecule is CC1CCN(C(=O)COc2ccc(-c3csc(N)n3)cc2)CC1. The molecule has 0 spiro atoms. The van der Waals surface area contributed by atoms with Crippen LogP contribution in [0.1, 0.15) is 19.8 Å². The second-order valence-electron chi connectivity index (χ2n) is 5.95. The van der Waals surface area contributed by atoms with Gasteiger partial charge in [0, 0.05) is 24.0 Å². The van der Waals surface area contributed by atoms with Crippen LogP contribution in [0.15, 0.2) is 29.6 Å². The fraction of sp³-hybridized carbons (Fsp3) is 0.412. The standard InChI is InChI=1S/C17H21N3O2S/c1-12-6-8-20(9-7-12)16(21)10-22-14-4-2-13(3-5-14)15-11-23-17(18)19-15/h2-5,11-12H,6-10H2,1H3,(H2,18,19). The summed E-state index contributed by atoms with van der Waals surface area (Å²) in [6, 6.07) is 7.57. The Morgan fingerprint density at radius 2 is 2.04 bits per heavy atom. The molecule has 1 fully saturated rings. The average Bonchev–Trinajstić information content (AvgIpc) is 3.00. The van der Waals surface area contributed by atoms with Crippen molar-refractivity contribution >= 4 is 22.4 Å². The van der Waals surface area contributed by atoms with Crippen LogP contribution in [-0.4, -0.2) is 35.5 Å². The maximum atomic E-state index is 12.1. The van der Waals surface area contributed by atoms with Gasteiger partial charge in [0.25, 0.3) is 5.91 Å². The highest BCUT2D eigenvalue weighted by Crippen LogP contribution is 2.25. The first-order valence-corrected chi connectivity index (χ1v) is 8.72. The molecular formula is C17H21N3O2S. The van der Waals surface area contributed by atoms with Gasteiger partial charge < -0.3 is 15.4 Å². The van der Waals surface area contributed by atoms with Crippen molar-refractivity contribution in [2.75, 3.05) is 25.4 Å². The van der Waals surface area contributed by atoms with E-state index >= 15 is 0 Å². The summed E-state index contributed by atoms with van der Waals surface area (Å²) in [5.41, 5.74) is 7.49. The highest BCUT2D eigenvalue weighted by molar-refractivity contribution is 7.13. The van der Waals surface area contributed by atoms with Gasteiger partial charge in [-0.1, -0.05) is 6.92 Å². The van der Waals surface area contributed by atoms with Crippen LogP contribution in [0.3, 0.4) is 0 Å². The second-order valence-corrected chi connectivity index (χ2v) is 6.84. The molecule has 2 heterocycles. The number of carbonyl (C=O) groups excluding carboxylic acids is 1. The quantitative estimate of drug-likeness (QED) is 0.935. The van der Waals surface area contributed by atoms with Crippen LogP contribution in [0.5, 0.6) is 5.75 Å². The van der Waals surface area contributed by atoms with Crippen LogP contribution < -0.4 is 10.5 Å². The number of likely N-dealkylation sites (tertiary alicyclic amines) is 1. The van der Waals surface area contributed by atoms with Crippen LogP contribution in [0, 0.1) is 5.92 Å². The number of rotatable bonds is 4. The van der Waals surface area contributed by atoms with Crippen LogP contribution in [-0.2, 0) is 4.79 Å². The third-order valence-electron chi connectivity index (χ3n) is 4.17. The van der Waals surface area contributed by atoms with Crippen molar-refractivity contribution in [3.63, 3.8) is 0 Å². The molecule has 0 atom stereocenters. The number of aromatic nitrogens is 1. The smallest absolute Gasteiger partial charge is 0.260 e. The number of carbonyl (C=O) groups is 1. The van der Waals surface area contributed by atoms with E-state index < -0.39 is 0 Å². The highest BCUT2D eigenvalue weighted by atomic mass is 32.1. The number of anilines is 1. The Morgan fingerprint density at radius 3 is 2.65 bits per heavy atom. The van der Waals surface area contributed by atoms with Gasteiger partial charge in [-0.2, -0.15) is 0 Å². The lowest BCUT2D eigenvalue weighted by Crippen LogP contribution is -2.40. The predicted octanol–water partition coefficient (Wildman–Crippen LogP) is 3.03. The first-order chi connectivity index (χ1) is 11.1. The summed E-state index contributed by atoms with van der Waals surface area (Å²) < 4.78 is 5.61. The van der Waals surface area contributed by atoms with Gasteiger partial charge in [0.05, 0.1) is 5.69 Å². The summed E-state index contributed by atoms with van der Waals surface area (Å²) in [6.07, 6.45) is 2.16. The topological polar surface area (TPSA) is 68.5 Å². The Bertz CT molecular complexity index is 661. The molecule has 6 heteroatoms. The molecule has 1 aliphatic heterocycles. The highest BCUT2D eigenvalue weighted by Gasteiger charge is 2.20. The Hall–Kier alpha value is -2.08. The van der Waals surface area contributed by atoms with E-state index in [1.807, 2.05) is 34.5 Å². The molecule has 5 nitrogen and oxygen atoms in total. The van der Waals surface area contributed by atoms with Gasteiger partial charge in [-0.05, 0) is 43.0 Å². The number of nitrogen functional groups attached to an aromatic ring is 1. The Labute approximate surface area is 140 Å². The van der Waals surface area contributed by atoms with Crippen LogP contribution in [0.4, 0.5) is 5.13 Å². The molecule has 3 rings (SSSR count). The Morgan fingerprint density at radius 1 is 1.35 bits per heavy atom. The molecule has 0 saturated carbocycles. The minimum absolute atomic E-state index is 0.0632. The van der Waals surface area contributed by atoms with Crippen LogP contribution in [0.2, 0.25) is 0 Å². The van der Waals surface area contributed by atoms with Gasteiger partial charge in [-0.15, -0.1) is 11.3 Å². The van der Waals surface area contributed by atoms with E-state index in [-0.39, 0.29) is 12.5 Å². The van der Waals surface area contributed by atoms with E-state index in [1.54, 1.807) is 0 Å². The van der Waals surface area contributed by atoms with Crippen molar-refractivity contribution in [2.45, 2.75) is 19.8 Å². The van der Waals surface area contributed by atoms with Crippen molar-refractivity contribution < 1.29 is 9.53 Å². The zero-order valence-corrected chi connectivity index (χ0v) is 14.0. The van der Waals surface area contributed by atoms with Crippen LogP contribution >= 0.6 is 11.3 Å². The number of hydrogen-bond donors (Lipinski definition) is 1. The van der Waals surface area contributed by atoms with Gasteiger partial charge in [-0.3, -0.25) is 4.79 Å². The number of benzene rings is 1. The van der Waals surface area contributed by atoms with E-state index in [4.69, 9.17) is 10.5 Å². The fourth-order valence-corrected chi connectivity index (χ4v) is 3.21. The lowest BCUT2D eigenvalue weighted by atomic mass is 9.99. The number of amides is 1. The van der Waals surface area contributed by atoms with Crippen molar-refractivity contribution in [3.8, 4) is 17.0 Å². The number of ether oxygens (including phenoxy) is 1. The largest absolute Gasteiger partial charge is 0.484 e. The van der Waals surface area contributed by atoms with Gasteiger partial charge in [-0.25, -0.2) is 4.98 Å². The number of piperidine rings is 1. The molecule has 1 amide bonds. The molecule has 23 heavy (non-hydrogen) atoms. The normalized spacial score (nSPS) is 15.6. The van der Waals surface area contributed by atoms with Crippen molar-refractivity contribution in [2.24, 2.45) is 5.92 Å². The second kappa shape index (κ2) is 7.00. The first kappa shape index (κ1) is 15.8. The molecule has 1 saturated heterocycles. The Balaban J connectivity index is 1.53. The first-order valence-electron chi connectivity index (χ1n) is 7.84. The molecule has 1 aromatic heterocycles. The Kier molecular flexibility index (Phi) is 4.81. The molecule has 0 bridgehead atoms. The zero-order chi connectivity index (χ0) is 16.2. The molecule has 0 aliphatic carbocycles. The van der Waals surface area contributed by atoms with Crippen molar-refractivity contribution in [3.05, 3.63) is 29.6 Å². The molecule has 2 N–H and O–H groups in total. The van der Waals surface area contributed by atoms with E-state index in [0.29, 0.717) is 16.8 Å². The van der Waals surface area contributed by atoms with Crippen molar-refractivity contribution in [1.29, 1.82) is 0 Å². The van der Waals surface area contributed by atoms with Gasteiger partial charge in [0.15, 0.2) is 11.7 Å². The van der Waals surface area contributed by atoms with Gasteiger partial charge in [0.1, 0.15) is 5.75 Å². The van der Waals surface area contributed by atoms with Gasteiger partial charge in [0.2, 0.25) is 0 Å². The maximum absolute atomic E-state index is 12.1. The van der Waals surface area contributed by atoms with E-state index in [9.17, 15) is 4.79 Å². The van der Waals surface area contributed by atoms with Crippen LogP contribution in [0.25, 0.3) is 11.3 Å². The van der Waals surface area contributed by atoms with E-state index in [2.05, 4.69) is 11.9 Å². The summed E-state index contributed by atoms with van der Waals surface area (Å²) >= 11 is 1.42. The lowest BCUT2D eigenvalue weighted by Gasteiger charge is -2.30. The molecule has 1 aliphatic rings. The lowest BCUT2D eigenvalue weighted by molar-refractivity contribution is -0.134. The molecule has 0 radical (unpaired) electrons. The number of nitrogens with zero attached hydrogens (tertiary/aromatic N) is 2. The zero-order valence-electron chi connectivity index (χ0n) is 13.2. The molecule has 0 unspecified atom stereocenters. The predicted molar refractivity (Wildman–Crippen MR) is 92.4 cm³/mol. The molecule has 2 aromatic rings. The summed E-state index contributed by atoms with van der Waals surface area (Å²) in [4.78, 5) is 18.3. The third-order valence-corrected chi connectivity index (χ3v) is 4.84. The minimum atomic E-state index is 0.0632. The number of thiazole rings is 1. The fourth-order valence-electron chi connectivity index (χ4n) is 2.64. The summed E-state index contributed by atoms with van der Waals surface area (Å²) in [7, 11) is 0. The number of nitrogens with two attached hydrogens (primary N) is 1. The van der Waals surface area contributed by atoms with Gasteiger partial charge >= 0.3 is 0 Å². The molecule has 122 valence electrons. The summed E-state index contributed by atoms with van der Waals surface area (Å²) in [5.74, 6) is 1.47. The average molecular weight is 331 g/mol. The van der Waals surface area contributed by atoms with Crippen molar-refractivity contribution in [1.82, 2.24) is 9.88 Å². The van der Waals surface area contributed by atoms with E-state index in [1.165, 1.54) is 11.3 Å². The number of hydrogen-bond acceptors (Lipinski definition) is 5. The third kappa shape index (κ3) is 4.01. The monoisotopic (exact) mass is 331 g/mol. The minimum Gasteiger partial charge on any atom is -0.484 e. The summed E-state index contributed by atoms with van der Waals surface area (Å²) in [5, 5.41) is 2.48. The molecule has 1 aromatic carbocycles. The maximum Gasteiger partial charge on any atom is 0.260 e.